The van der Waals surface area contributed by atoms with Crippen molar-refractivity contribution >= 4 is 12.9 Å². The van der Waals surface area contributed by atoms with Crippen molar-refractivity contribution in [3.63, 3.8) is 0 Å². The van der Waals surface area contributed by atoms with Gasteiger partial charge in [0.15, 0.2) is 6.10 Å². The molecule has 3 unspecified atom stereocenters. The molecule has 1 saturated carbocycles. The Morgan fingerprint density at radius 2 is 1.93 bits per heavy atom. The highest BCUT2D eigenvalue weighted by Crippen LogP contribution is 2.46. The van der Waals surface area contributed by atoms with Crippen LogP contribution in [0.25, 0.3) is 0 Å². The molecule has 0 aromatic carbocycles. The molecule has 2 aliphatic carbocycles. The molecule has 2 bridgehead atoms. The molecular weight excluding hydrogens is 184 g/mol. The molecular formula is C10H11O4. The molecule has 3 atom stereocenters. The maximum Gasteiger partial charge on any atom is 0.293 e. The average Bonchev–Trinajstić information content (AvgIpc) is 2.66. The maximum absolute atomic E-state index is 10.3. The van der Waals surface area contributed by atoms with Crippen molar-refractivity contribution in [1.29, 1.82) is 0 Å². The topological polar surface area (TPSA) is 52.6 Å². The Balaban J connectivity index is 2.20. The molecule has 0 amide bonds. The van der Waals surface area contributed by atoms with E-state index >= 15 is 0 Å². The molecule has 4 heteroatoms. The minimum Gasteiger partial charge on any atom is -0.460 e. The standard InChI is InChI=1S/C10H11O4/c1-6-2-7-3-8(6)10(14-5-12)9(7)13-4-11/h4-5,7,9-10H,1-3H2. The number of hydrogen-bond donors (Lipinski definition) is 0. The lowest BCUT2D eigenvalue weighted by atomic mass is 9.95. The van der Waals surface area contributed by atoms with Crippen molar-refractivity contribution in [1.82, 2.24) is 0 Å². The van der Waals surface area contributed by atoms with Crippen molar-refractivity contribution in [3.8, 4) is 0 Å². The first-order valence-electron chi connectivity index (χ1n) is 4.50. The van der Waals surface area contributed by atoms with E-state index in [1.165, 1.54) is 0 Å². The molecule has 1 fully saturated rings. The summed E-state index contributed by atoms with van der Waals surface area (Å²) in [5, 5.41) is 0. The van der Waals surface area contributed by atoms with Crippen molar-refractivity contribution in [2.45, 2.75) is 25.0 Å². The van der Waals surface area contributed by atoms with E-state index in [1.807, 2.05) is 0 Å². The Morgan fingerprint density at radius 3 is 2.57 bits per heavy atom. The molecule has 4 nitrogen and oxygen atoms in total. The summed E-state index contributed by atoms with van der Waals surface area (Å²) in [6.07, 6.45) is 0.963. The first kappa shape index (κ1) is 9.24. The van der Waals surface area contributed by atoms with Crippen LogP contribution in [0.3, 0.4) is 0 Å². The molecule has 2 aliphatic rings. The number of ether oxygens (including phenoxy) is 2. The highest BCUT2D eigenvalue weighted by molar-refractivity contribution is 5.45. The highest BCUT2D eigenvalue weighted by Gasteiger charge is 2.47. The van der Waals surface area contributed by atoms with Crippen LogP contribution in [0.1, 0.15) is 12.8 Å². The highest BCUT2D eigenvalue weighted by atomic mass is 16.6. The summed E-state index contributed by atoms with van der Waals surface area (Å²) in [4.78, 5) is 20.6. The van der Waals surface area contributed by atoms with Crippen molar-refractivity contribution in [3.05, 3.63) is 18.1 Å². The van der Waals surface area contributed by atoms with Crippen LogP contribution in [0.15, 0.2) is 11.1 Å². The molecule has 0 N–H and O–H groups in total. The second-order valence-corrected chi connectivity index (χ2v) is 3.65. The molecule has 75 valence electrons. The molecule has 0 aromatic heterocycles. The van der Waals surface area contributed by atoms with Gasteiger partial charge in [-0.05, 0) is 25.3 Å². The van der Waals surface area contributed by atoms with Gasteiger partial charge in [0.1, 0.15) is 6.10 Å². The molecule has 2 rings (SSSR count). The first-order chi connectivity index (χ1) is 6.77. The van der Waals surface area contributed by atoms with Gasteiger partial charge >= 0.3 is 0 Å². The summed E-state index contributed by atoms with van der Waals surface area (Å²) in [5.74, 6) is 0.243. The van der Waals surface area contributed by atoms with Crippen LogP contribution in [0.4, 0.5) is 0 Å². The van der Waals surface area contributed by atoms with Gasteiger partial charge in [0.2, 0.25) is 0 Å². The Morgan fingerprint density at radius 1 is 1.21 bits per heavy atom. The third-order valence-corrected chi connectivity index (χ3v) is 2.97. The average molecular weight is 195 g/mol. The van der Waals surface area contributed by atoms with Gasteiger partial charge in [-0.15, -0.1) is 0 Å². The van der Waals surface area contributed by atoms with Gasteiger partial charge in [-0.1, -0.05) is 5.57 Å². The second kappa shape index (κ2) is 3.44. The van der Waals surface area contributed by atoms with Crippen LogP contribution in [0.2, 0.25) is 0 Å². The summed E-state index contributed by atoms with van der Waals surface area (Å²) in [5.41, 5.74) is 2.04. The molecule has 14 heavy (non-hydrogen) atoms. The van der Waals surface area contributed by atoms with Crippen LogP contribution >= 0.6 is 0 Å². The summed E-state index contributed by atoms with van der Waals surface area (Å²) in [7, 11) is 0. The van der Waals surface area contributed by atoms with E-state index in [9.17, 15) is 9.59 Å². The number of carbonyl (C=O) groups is 2. The second-order valence-electron chi connectivity index (χ2n) is 3.65. The lowest BCUT2D eigenvalue weighted by Crippen LogP contribution is -2.34. The molecule has 0 aromatic rings. The predicted molar refractivity (Wildman–Crippen MR) is 47.0 cm³/mol. The molecule has 0 spiro atoms. The van der Waals surface area contributed by atoms with E-state index in [0.717, 1.165) is 24.0 Å². The summed E-state index contributed by atoms with van der Waals surface area (Å²) >= 11 is 0. The van der Waals surface area contributed by atoms with Gasteiger partial charge in [-0.3, -0.25) is 9.59 Å². The number of hydrogen-bond acceptors (Lipinski definition) is 4. The Labute approximate surface area is 81.9 Å². The van der Waals surface area contributed by atoms with Gasteiger partial charge in [0.05, 0.1) is 0 Å². The van der Waals surface area contributed by atoms with E-state index in [4.69, 9.17) is 9.47 Å². The minimum atomic E-state index is -0.399. The monoisotopic (exact) mass is 195 g/mol. The quantitative estimate of drug-likeness (QED) is 0.617. The van der Waals surface area contributed by atoms with Crippen LogP contribution < -0.4 is 0 Å². The van der Waals surface area contributed by atoms with Crippen molar-refractivity contribution in [2.75, 3.05) is 0 Å². The lowest BCUT2D eigenvalue weighted by Gasteiger charge is -2.25. The fourth-order valence-electron chi connectivity index (χ4n) is 2.41. The molecule has 1 radical (unpaired) electrons. The normalized spacial score (nSPS) is 34.5. The van der Waals surface area contributed by atoms with Crippen LogP contribution in [0.5, 0.6) is 0 Å². The fraction of sp³-hybridized carbons (Fsp3) is 0.500. The zero-order valence-electron chi connectivity index (χ0n) is 7.64. The molecule has 0 aliphatic heterocycles. The van der Waals surface area contributed by atoms with Gasteiger partial charge in [-0.2, -0.15) is 0 Å². The number of rotatable bonds is 4. The Kier molecular flexibility index (Phi) is 2.27. The predicted octanol–water partition coefficient (Wildman–Crippen LogP) is 0.624. The molecule has 0 saturated heterocycles. The third kappa shape index (κ3) is 1.22. The number of allylic oxidation sites excluding steroid dienone is 1. The summed E-state index contributed by atoms with van der Waals surface area (Å²) in [6.45, 7) is 4.70. The summed E-state index contributed by atoms with van der Waals surface area (Å²) < 4.78 is 9.83. The van der Waals surface area contributed by atoms with E-state index in [1.54, 1.807) is 0 Å². The van der Waals surface area contributed by atoms with E-state index in [2.05, 4.69) is 6.92 Å². The van der Waals surface area contributed by atoms with Crippen LogP contribution in [-0.2, 0) is 19.1 Å². The van der Waals surface area contributed by atoms with E-state index < -0.39 is 6.10 Å². The Bertz CT molecular complexity index is 294. The zero-order valence-corrected chi connectivity index (χ0v) is 7.64. The fourth-order valence-corrected chi connectivity index (χ4v) is 2.41. The first-order valence-corrected chi connectivity index (χ1v) is 4.50. The van der Waals surface area contributed by atoms with Crippen LogP contribution in [-0.4, -0.2) is 25.2 Å². The summed E-state index contributed by atoms with van der Waals surface area (Å²) in [6, 6.07) is 0. The van der Waals surface area contributed by atoms with Gasteiger partial charge in [0, 0.05) is 5.92 Å². The lowest BCUT2D eigenvalue weighted by molar-refractivity contribution is -0.149. The minimum absolute atomic E-state index is 0.243. The van der Waals surface area contributed by atoms with Crippen molar-refractivity contribution < 1.29 is 19.1 Å². The Hall–Kier alpha value is -1.32. The van der Waals surface area contributed by atoms with Crippen LogP contribution in [0, 0.1) is 12.8 Å². The van der Waals surface area contributed by atoms with E-state index in [0.29, 0.717) is 12.9 Å². The van der Waals surface area contributed by atoms with Gasteiger partial charge < -0.3 is 9.47 Å². The van der Waals surface area contributed by atoms with Crippen molar-refractivity contribution in [2.24, 2.45) is 5.92 Å². The van der Waals surface area contributed by atoms with E-state index in [-0.39, 0.29) is 12.0 Å². The van der Waals surface area contributed by atoms with Gasteiger partial charge in [0.25, 0.3) is 12.9 Å². The number of fused-ring (bicyclic) bond motifs is 2. The smallest absolute Gasteiger partial charge is 0.293 e. The number of carbonyl (C=O) groups excluding carboxylic acids is 2. The largest absolute Gasteiger partial charge is 0.460 e. The molecule has 0 heterocycles. The zero-order chi connectivity index (χ0) is 10.1. The maximum atomic E-state index is 10.3. The van der Waals surface area contributed by atoms with Gasteiger partial charge in [-0.25, -0.2) is 0 Å². The third-order valence-electron chi connectivity index (χ3n) is 2.97. The SMILES string of the molecule is [CH2]C1=C2CC(C1)C(OC=O)C2OC=O.